The monoisotopic (exact) mass is 668 g/mol. The first-order valence-corrected chi connectivity index (χ1v) is 12.2. The summed E-state index contributed by atoms with van der Waals surface area (Å²) in [5, 5.41) is 118. The zero-order valence-electron chi connectivity index (χ0n) is 20.9. The summed E-state index contributed by atoms with van der Waals surface area (Å²) in [6.45, 7) is -2.60. The van der Waals surface area contributed by atoms with Crippen molar-refractivity contribution in [2.45, 2.75) is 36.7 Å². The van der Waals surface area contributed by atoms with Crippen molar-refractivity contribution in [3.8, 4) is 11.5 Å². The van der Waals surface area contributed by atoms with Gasteiger partial charge in [0.25, 0.3) is 0 Å². The van der Waals surface area contributed by atoms with E-state index in [1.54, 1.807) is 0 Å². The Bertz CT molecular complexity index is 1400. The molecular weight excluding hydrogens is 643 g/mol. The minimum Gasteiger partial charge on any atom is -0.435 e. The Morgan fingerprint density at radius 1 is 0.905 bits per heavy atom. The first-order chi connectivity index (χ1) is 19.1. The fraction of sp³-hybridized carbons (Fsp3) is 0.364. The van der Waals surface area contributed by atoms with E-state index in [9.17, 15) is 55.5 Å². The molecule has 232 valence electrons. The lowest BCUT2D eigenvalue weighted by Crippen LogP contribution is -2.59. The number of benzene rings is 2. The van der Waals surface area contributed by atoms with Gasteiger partial charge in [-0.3, -0.25) is 0 Å². The number of nitrogens with one attached hydrogen (secondary N) is 1. The first-order valence-electron chi connectivity index (χ1n) is 11.4. The molecule has 18 nitrogen and oxygen atoms in total. The summed E-state index contributed by atoms with van der Waals surface area (Å²) < 4.78 is 24.3. The number of aliphatic hydroxyl groups is 12. The molecule has 0 amide bonds. The van der Waals surface area contributed by atoms with E-state index in [-0.39, 0.29) is 27.3 Å². The van der Waals surface area contributed by atoms with Crippen LogP contribution in [0.5, 0.6) is 11.5 Å². The van der Waals surface area contributed by atoms with Crippen LogP contribution in [0.25, 0.3) is 10.9 Å². The number of hydrogen-bond donors (Lipinski definition) is 13. The molecular formula is C22H26BrFN4O14. The highest BCUT2D eigenvalue weighted by Gasteiger charge is 2.44. The smallest absolute Gasteiger partial charge is 0.435 e. The van der Waals surface area contributed by atoms with E-state index in [2.05, 4.69) is 36.0 Å². The molecule has 0 saturated carbocycles. The van der Waals surface area contributed by atoms with Crippen LogP contribution in [0.2, 0.25) is 0 Å². The largest absolute Gasteiger partial charge is 0.453 e. The molecule has 0 aliphatic heterocycles. The maximum Gasteiger partial charge on any atom is 0.453 e. The van der Waals surface area contributed by atoms with Gasteiger partial charge < -0.3 is 76.1 Å². The number of rotatable bonds is 13. The third-order valence-corrected chi connectivity index (χ3v) is 5.66. The summed E-state index contributed by atoms with van der Waals surface area (Å²) in [5.41, 5.74) is -0.121. The van der Waals surface area contributed by atoms with Gasteiger partial charge in [-0.15, -0.1) is 0 Å². The van der Waals surface area contributed by atoms with Crippen LogP contribution in [0.3, 0.4) is 0 Å². The SMILES string of the molecule is OC(O)CN(CC(O)(O)CC(O)(O)Oc1cc2ncnc(Nc3ccc(Br)cc3F)c2cc1OC(O)(O)O)C(O)(O)O. The Balaban J connectivity index is 1.97. The molecule has 0 fully saturated rings. The Morgan fingerprint density at radius 3 is 2.12 bits per heavy atom. The molecule has 0 saturated heterocycles. The van der Waals surface area contributed by atoms with Crippen LogP contribution in [0, 0.1) is 5.82 Å². The van der Waals surface area contributed by atoms with Crippen molar-refractivity contribution >= 4 is 38.3 Å². The predicted molar refractivity (Wildman–Crippen MR) is 136 cm³/mol. The van der Waals surface area contributed by atoms with E-state index in [0.29, 0.717) is 4.47 Å². The van der Waals surface area contributed by atoms with E-state index in [1.165, 1.54) is 12.1 Å². The van der Waals surface area contributed by atoms with Crippen LogP contribution in [0.1, 0.15) is 6.42 Å². The van der Waals surface area contributed by atoms with Crippen LogP contribution >= 0.6 is 15.9 Å². The third kappa shape index (κ3) is 9.55. The van der Waals surface area contributed by atoms with Crippen LogP contribution < -0.4 is 14.8 Å². The number of halogens is 2. The lowest BCUT2D eigenvalue weighted by Gasteiger charge is -2.37. The summed E-state index contributed by atoms with van der Waals surface area (Å²) in [5.74, 6) is -9.39. The second-order valence-electron chi connectivity index (χ2n) is 8.93. The average Bonchev–Trinajstić information content (AvgIpc) is 2.78. The predicted octanol–water partition coefficient (Wildman–Crippen LogP) is -3.47. The molecule has 20 heteroatoms. The van der Waals surface area contributed by atoms with Crippen molar-refractivity contribution in [3.05, 3.63) is 46.9 Å². The highest BCUT2D eigenvalue weighted by atomic mass is 79.9. The molecule has 3 rings (SSSR count). The molecule has 0 radical (unpaired) electrons. The topological polar surface area (TPSA) is 302 Å². The van der Waals surface area contributed by atoms with Gasteiger partial charge >= 0.3 is 18.2 Å². The molecule has 13 N–H and O–H groups in total. The van der Waals surface area contributed by atoms with Crippen molar-refractivity contribution in [2.75, 3.05) is 18.4 Å². The van der Waals surface area contributed by atoms with Crippen molar-refractivity contribution in [3.63, 3.8) is 0 Å². The quantitative estimate of drug-likeness (QED) is 0.0787. The molecule has 0 spiro atoms. The van der Waals surface area contributed by atoms with Crippen molar-refractivity contribution in [1.82, 2.24) is 14.9 Å². The van der Waals surface area contributed by atoms with Gasteiger partial charge in [-0.2, -0.15) is 0 Å². The number of nitrogens with zero attached hydrogens (tertiary/aromatic N) is 3. The van der Waals surface area contributed by atoms with Crippen molar-refractivity contribution < 1.29 is 75.1 Å². The zero-order chi connectivity index (χ0) is 31.7. The summed E-state index contributed by atoms with van der Waals surface area (Å²) in [7, 11) is 0. The minimum atomic E-state index is -3.86. The van der Waals surface area contributed by atoms with Crippen LogP contribution in [-0.4, -0.2) is 120 Å². The molecule has 0 aliphatic rings. The normalized spacial score (nSPS) is 13.2. The number of aliphatic hydroxyl groups excluding tert-OH is 1. The van der Waals surface area contributed by atoms with Gasteiger partial charge in [-0.05, 0) is 24.3 Å². The van der Waals surface area contributed by atoms with Gasteiger partial charge in [0.1, 0.15) is 18.0 Å². The molecule has 0 unspecified atom stereocenters. The first kappa shape index (κ1) is 33.6. The lowest BCUT2D eigenvalue weighted by atomic mass is 10.1. The highest BCUT2D eigenvalue weighted by Crippen LogP contribution is 2.38. The number of aromatic nitrogens is 2. The molecule has 1 heterocycles. The maximum absolute atomic E-state index is 14.4. The Labute approximate surface area is 242 Å². The average molecular weight is 669 g/mol. The number of hydrogen-bond acceptors (Lipinski definition) is 18. The van der Waals surface area contributed by atoms with Crippen LogP contribution in [0.15, 0.2) is 41.1 Å². The Kier molecular flexibility index (Phi) is 9.88. The Hall–Kier alpha value is -2.93. The van der Waals surface area contributed by atoms with E-state index in [0.717, 1.165) is 24.5 Å². The second-order valence-corrected chi connectivity index (χ2v) is 9.84. The number of ether oxygens (including phenoxy) is 2. The van der Waals surface area contributed by atoms with Crippen molar-refractivity contribution in [2.24, 2.45) is 0 Å². The van der Waals surface area contributed by atoms with Crippen LogP contribution in [-0.2, 0) is 0 Å². The molecule has 0 atom stereocenters. The maximum atomic E-state index is 14.4. The van der Waals surface area contributed by atoms with Gasteiger partial charge in [-0.1, -0.05) is 15.9 Å². The van der Waals surface area contributed by atoms with Gasteiger partial charge in [0.15, 0.2) is 23.6 Å². The lowest BCUT2D eigenvalue weighted by molar-refractivity contribution is -0.421. The second kappa shape index (κ2) is 12.4. The summed E-state index contributed by atoms with van der Waals surface area (Å²) in [6, 6.07) is 5.84. The van der Waals surface area contributed by atoms with Crippen molar-refractivity contribution in [1.29, 1.82) is 0 Å². The molecule has 0 bridgehead atoms. The highest BCUT2D eigenvalue weighted by molar-refractivity contribution is 9.10. The molecule has 1 aromatic heterocycles. The van der Waals surface area contributed by atoms with Crippen LogP contribution in [0.4, 0.5) is 15.9 Å². The van der Waals surface area contributed by atoms with Gasteiger partial charge in [0, 0.05) is 15.9 Å². The van der Waals surface area contributed by atoms with Gasteiger partial charge in [-0.25, -0.2) is 19.3 Å². The number of fused-ring (bicyclic) bond motifs is 1. The third-order valence-electron chi connectivity index (χ3n) is 5.17. The fourth-order valence-electron chi connectivity index (χ4n) is 3.62. The molecule has 0 aliphatic carbocycles. The van der Waals surface area contributed by atoms with E-state index in [1.807, 2.05) is 0 Å². The summed E-state index contributed by atoms with van der Waals surface area (Å²) >= 11 is 3.12. The number of anilines is 2. The molecule has 3 aromatic rings. The summed E-state index contributed by atoms with van der Waals surface area (Å²) in [6.07, 6.45) is -10.6. The molecule has 2 aromatic carbocycles. The van der Waals surface area contributed by atoms with Gasteiger partial charge in [0.05, 0.1) is 30.7 Å². The van der Waals surface area contributed by atoms with E-state index in [4.69, 9.17) is 14.9 Å². The minimum absolute atomic E-state index is 0.0186. The Morgan fingerprint density at radius 2 is 1.55 bits per heavy atom. The fourth-order valence-corrected chi connectivity index (χ4v) is 3.96. The zero-order valence-corrected chi connectivity index (χ0v) is 22.5. The van der Waals surface area contributed by atoms with E-state index < -0.39 is 67.1 Å². The van der Waals surface area contributed by atoms with E-state index >= 15 is 0 Å². The van der Waals surface area contributed by atoms with Gasteiger partial charge in [0.2, 0.25) is 0 Å². The standard InChI is InChI=1S/C22H26BrFN4O14/c23-10-1-2-13(12(24)3-10)27-18-11-4-15(42-22(38,39)40)16(5-14(11)25-9-26-18)41-20(33,34)7-19(31,32)8-28(6-17(29)30)21(35,36)37/h1-5,9,17,29-40H,6-8H2,(H,25,26,27). The molecule has 42 heavy (non-hydrogen) atoms. The summed E-state index contributed by atoms with van der Waals surface area (Å²) in [4.78, 5) is 7.84.